The molecule has 0 aromatic rings. The summed E-state index contributed by atoms with van der Waals surface area (Å²) in [6.07, 6.45) is 4.94. The second kappa shape index (κ2) is 9.21. The molecule has 9 heteroatoms. The average Bonchev–Trinajstić information content (AvgIpc) is 3.20. The fraction of sp³-hybridized carbons (Fsp3) is 0.294. The van der Waals surface area contributed by atoms with E-state index in [2.05, 4.69) is 11.3 Å². The highest BCUT2D eigenvalue weighted by Gasteiger charge is 2.30. The van der Waals surface area contributed by atoms with Crippen LogP contribution in [-0.4, -0.2) is 58.5 Å². The van der Waals surface area contributed by atoms with Crippen LogP contribution in [0.5, 0.6) is 0 Å². The summed E-state index contributed by atoms with van der Waals surface area (Å²) < 4.78 is 3.97. The van der Waals surface area contributed by atoms with Crippen molar-refractivity contribution in [3.63, 3.8) is 0 Å². The van der Waals surface area contributed by atoms with Crippen molar-refractivity contribution in [1.82, 2.24) is 9.80 Å². The Morgan fingerprint density at radius 3 is 1.50 bits per heavy atom. The molecular weight excluding hydrogens is 344 g/mol. The van der Waals surface area contributed by atoms with Crippen molar-refractivity contribution in [3.8, 4) is 0 Å². The summed E-state index contributed by atoms with van der Waals surface area (Å²) >= 11 is 0. The number of likely N-dealkylation sites (N-methyl/N-ethyl adjacent to an activating group) is 2. The van der Waals surface area contributed by atoms with Crippen LogP contribution in [0.4, 0.5) is 0 Å². The summed E-state index contributed by atoms with van der Waals surface area (Å²) in [6.45, 7) is 7.93. The van der Waals surface area contributed by atoms with Gasteiger partial charge in [0.1, 0.15) is 0 Å². The van der Waals surface area contributed by atoms with Crippen LogP contribution in [0.25, 0.3) is 0 Å². The molecule has 0 radical (unpaired) electrons. The Kier molecular flexibility index (Phi) is 7.33. The SMILES string of the molecule is C=C1CC(=O)N(CC)C1=O.CCN1C(=O)C=CC1=O.O=C1C=CC(=O)O1. The molecule has 0 spiro atoms. The molecule has 3 heterocycles. The number of carbonyl (C=O) groups is 6. The first-order valence-corrected chi connectivity index (χ1v) is 7.71. The van der Waals surface area contributed by atoms with E-state index < -0.39 is 11.9 Å². The Morgan fingerprint density at radius 1 is 0.846 bits per heavy atom. The normalized spacial score (nSPS) is 18.2. The number of nitrogens with zero attached hydrogens (tertiary/aromatic N) is 2. The maximum atomic E-state index is 11.0. The third-order valence-corrected chi connectivity index (χ3v) is 3.30. The van der Waals surface area contributed by atoms with E-state index in [1.165, 1.54) is 22.0 Å². The lowest BCUT2D eigenvalue weighted by molar-refractivity contribution is -0.150. The van der Waals surface area contributed by atoms with Crippen molar-refractivity contribution in [2.75, 3.05) is 13.1 Å². The van der Waals surface area contributed by atoms with Crippen molar-refractivity contribution in [3.05, 3.63) is 36.5 Å². The number of cyclic esters (lactones) is 2. The first-order valence-electron chi connectivity index (χ1n) is 7.71. The van der Waals surface area contributed by atoms with Gasteiger partial charge in [0, 0.05) is 43.0 Å². The molecule has 0 bridgehead atoms. The third kappa shape index (κ3) is 5.33. The minimum Gasteiger partial charge on any atom is -0.387 e. The molecule has 0 aromatic carbocycles. The zero-order valence-electron chi connectivity index (χ0n) is 14.4. The molecule has 26 heavy (non-hydrogen) atoms. The number of rotatable bonds is 2. The number of imide groups is 2. The van der Waals surface area contributed by atoms with Crippen LogP contribution in [-0.2, 0) is 33.5 Å². The van der Waals surface area contributed by atoms with Crippen molar-refractivity contribution < 1.29 is 33.5 Å². The molecular formula is C17H18N2O7. The van der Waals surface area contributed by atoms with Gasteiger partial charge in [0.25, 0.3) is 17.7 Å². The Balaban J connectivity index is 0.000000198. The van der Waals surface area contributed by atoms with E-state index in [0.717, 1.165) is 12.2 Å². The predicted molar refractivity (Wildman–Crippen MR) is 87.9 cm³/mol. The quantitative estimate of drug-likeness (QED) is 0.291. The van der Waals surface area contributed by atoms with Crippen molar-refractivity contribution in [2.45, 2.75) is 20.3 Å². The highest BCUT2D eigenvalue weighted by molar-refractivity contribution is 6.13. The lowest BCUT2D eigenvalue weighted by atomic mass is 10.3. The van der Waals surface area contributed by atoms with Gasteiger partial charge < -0.3 is 4.74 Å². The summed E-state index contributed by atoms with van der Waals surface area (Å²) in [5.41, 5.74) is 0.409. The van der Waals surface area contributed by atoms with Crippen molar-refractivity contribution in [2.24, 2.45) is 0 Å². The van der Waals surface area contributed by atoms with E-state index in [0.29, 0.717) is 18.7 Å². The molecule has 1 saturated heterocycles. The van der Waals surface area contributed by atoms with Crippen LogP contribution in [0.1, 0.15) is 20.3 Å². The molecule has 0 atom stereocenters. The maximum Gasteiger partial charge on any atom is 0.338 e. The molecule has 3 rings (SSSR count). The van der Waals surface area contributed by atoms with Crippen molar-refractivity contribution >= 4 is 35.6 Å². The number of likely N-dealkylation sites (tertiary alicyclic amines) is 1. The average molecular weight is 362 g/mol. The topological polar surface area (TPSA) is 118 Å². The van der Waals surface area contributed by atoms with Crippen LogP contribution in [0, 0.1) is 0 Å². The lowest BCUT2D eigenvalue weighted by Gasteiger charge is -2.08. The minimum absolute atomic E-state index is 0.127. The van der Waals surface area contributed by atoms with E-state index in [-0.39, 0.29) is 30.0 Å². The largest absolute Gasteiger partial charge is 0.387 e. The summed E-state index contributed by atoms with van der Waals surface area (Å²) in [6, 6.07) is 0. The standard InChI is InChI=1S/C7H9NO2.C6H7NO2.C4H2O3/c1-3-8-6(9)4-5(2)7(8)10;1-2-7-5(8)3-4-6(7)9;5-3-1-2-4(6)7-3/h2-4H2,1H3;3-4H,2H2,1H3;1-2H. The minimum atomic E-state index is -0.579. The first-order chi connectivity index (χ1) is 12.2. The van der Waals surface area contributed by atoms with E-state index in [9.17, 15) is 28.8 Å². The molecule has 3 aliphatic rings. The molecule has 0 unspecified atom stereocenters. The highest BCUT2D eigenvalue weighted by Crippen LogP contribution is 2.15. The summed E-state index contributed by atoms with van der Waals surface area (Å²) in [4.78, 5) is 65.3. The van der Waals surface area contributed by atoms with Gasteiger partial charge >= 0.3 is 11.9 Å². The zero-order valence-corrected chi connectivity index (χ0v) is 14.4. The van der Waals surface area contributed by atoms with E-state index in [4.69, 9.17) is 0 Å². The number of carbonyl (C=O) groups excluding carboxylic acids is 6. The van der Waals surface area contributed by atoms with Gasteiger partial charge in [0.05, 0.1) is 6.42 Å². The molecule has 0 aliphatic carbocycles. The first kappa shape index (κ1) is 20.7. The number of ether oxygens (including phenoxy) is 1. The van der Waals surface area contributed by atoms with Crippen LogP contribution < -0.4 is 0 Å². The highest BCUT2D eigenvalue weighted by atomic mass is 16.6. The van der Waals surface area contributed by atoms with Crippen LogP contribution in [0.3, 0.4) is 0 Å². The molecule has 0 saturated carbocycles. The molecule has 138 valence electrons. The molecule has 9 nitrogen and oxygen atoms in total. The van der Waals surface area contributed by atoms with E-state index in [1.54, 1.807) is 13.8 Å². The maximum absolute atomic E-state index is 11.0. The number of hydrogen-bond donors (Lipinski definition) is 0. The summed E-state index contributed by atoms with van der Waals surface area (Å²) in [5, 5.41) is 0. The van der Waals surface area contributed by atoms with E-state index >= 15 is 0 Å². The lowest BCUT2D eigenvalue weighted by Crippen LogP contribution is -2.29. The molecule has 1 fully saturated rings. The van der Waals surface area contributed by atoms with Gasteiger partial charge in [0.15, 0.2) is 0 Å². The van der Waals surface area contributed by atoms with Crippen LogP contribution in [0.15, 0.2) is 36.5 Å². The Labute approximate surface area is 149 Å². The van der Waals surface area contributed by atoms with Gasteiger partial charge in [-0.2, -0.15) is 0 Å². The van der Waals surface area contributed by atoms with Gasteiger partial charge in [-0.25, -0.2) is 9.59 Å². The molecule has 3 aliphatic heterocycles. The number of amides is 4. The number of hydrogen-bond acceptors (Lipinski definition) is 7. The Hall–Kier alpha value is -3.36. The Bertz CT molecular complexity index is 699. The van der Waals surface area contributed by atoms with Gasteiger partial charge in [-0.05, 0) is 13.8 Å². The number of esters is 2. The second-order valence-electron chi connectivity index (χ2n) is 5.05. The fourth-order valence-corrected chi connectivity index (χ4v) is 2.02. The smallest absolute Gasteiger partial charge is 0.338 e. The monoisotopic (exact) mass is 362 g/mol. The molecule has 0 aromatic heterocycles. The second-order valence-corrected chi connectivity index (χ2v) is 5.05. The Morgan fingerprint density at radius 2 is 1.31 bits per heavy atom. The predicted octanol–water partition coefficient (Wildman–Crippen LogP) is -0.121. The molecule has 4 amide bonds. The zero-order chi connectivity index (χ0) is 19.9. The fourth-order valence-electron chi connectivity index (χ4n) is 2.02. The van der Waals surface area contributed by atoms with Crippen LogP contribution >= 0.6 is 0 Å². The third-order valence-electron chi connectivity index (χ3n) is 3.30. The van der Waals surface area contributed by atoms with Gasteiger partial charge in [0.2, 0.25) is 5.91 Å². The van der Waals surface area contributed by atoms with Crippen molar-refractivity contribution in [1.29, 1.82) is 0 Å². The van der Waals surface area contributed by atoms with Gasteiger partial charge in [-0.1, -0.05) is 6.58 Å². The van der Waals surface area contributed by atoms with E-state index in [1.807, 2.05) is 0 Å². The summed E-state index contributed by atoms with van der Waals surface area (Å²) in [7, 11) is 0. The van der Waals surface area contributed by atoms with Gasteiger partial charge in [-0.3, -0.25) is 29.0 Å². The molecule has 0 N–H and O–H groups in total. The summed E-state index contributed by atoms with van der Waals surface area (Å²) in [5.74, 6) is -1.91. The van der Waals surface area contributed by atoms with Gasteiger partial charge in [-0.15, -0.1) is 0 Å². The van der Waals surface area contributed by atoms with Crippen LogP contribution in [0.2, 0.25) is 0 Å².